The molecule has 0 saturated carbocycles. The number of nitrogen functional groups attached to an aromatic ring is 1. The Balaban J connectivity index is 2.28. The van der Waals surface area contributed by atoms with E-state index in [4.69, 9.17) is 5.73 Å². The van der Waals surface area contributed by atoms with Crippen LogP contribution in [0.5, 0.6) is 0 Å². The molecule has 0 amide bonds. The summed E-state index contributed by atoms with van der Waals surface area (Å²) in [5.41, 5.74) is 10.3. The molecule has 2 heterocycles. The molecule has 0 unspecified atom stereocenters. The monoisotopic (exact) mass is 235 g/mol. The molecule has 88 valence electrons. The Morgan fingerprint density at radius 3 is 2.67 bits per heavy atom. The third-order valence-electron chi connectivity index (χ3n) is 2.92. The van der Waals surface area contributed by atoms with E-state index in [1.807, 2.05) is 37.3 Å². The second-order valence-corrected chi connectivity index (χ2v) is 4.31. The largest absolute Gasteiger partial charge is 0.397 e. The highest BCUT2D eigenvalue weighted by Crippen LogP contribution is 2.26. The Bertz CT molecular complexity index is 703. The molecular weight excluding hydrogens is 222 g/mol. The van der Waals surface area contributed by atoms with Crippen LogP contribution in [0.4, 0.5) is 5.69 Å². The van der Waals surface area contributed by atoms with Crippen LogP contribution in [-0.2, 0) is 0 Å². The second kappa shape index (κ2) is 4.11. The van der Waals surface area contributed by atoms with Crippen molar-refractivity contribution in [2.45, 2.75) is 6.92 Å². The average Bonchev–Trinajstić information content (AvgIpc) is 2.39. The van der Waals surface area contributed by atoms with Crippen LogP contribution in [0.1, 0.15) is 5.69 Å². The molecule has 3 rings (SSSR count). The van der Waals surface area contributed by atoms with E-state index in [0.29, 0.717) is 5.69 Å². The highest BCUT2D eigenvalue weighted by atomic mass is 14.7. The molecule has 3 aromatic rings. The lowest BCUT2D eigenvalue weighted by atomic mass is 10.1. The number of rotatable bonds is 1. The quantitative estimate of drug-likeness (QED) is 0.704. The summed E-state index contributed by atoms with van der Waals surface area (Å²) in [4.78, 5) is 8.97. The number of benzene rings is 1. The minimum atomic E-state index is 0.670. The van der Waals surface area contributed by atoms with Crippen LogP contribution in [0.25, 0.3) is 22.2 Å². The third kappa shape index (κ3) is 1.80. The molecule has 1 aromatic carbocycles. The number of hydrogen-bond donors (Lipinski definition) is 1. The summed E-state index contributed by atoms with van der Waals surface area (Å²) >= 11 is 0. The minimum Gasteiger partial charge on any atom is -0.397 e. The van der Waals surface area contributed by atoms with E-state index in [1.165, 1.54) is 0 Å². The zero-order chi connectivity index (χ0) is 12.5. The van der Waals surface area contributed by atoms with Gasteiger partial charge in [-0.05, 0) is 25.1 Å². The first-order valence-electron chi connectivity index (χ1n) is 5.82. The van der Waals surface area contributed by atoms with E-state index in [9.17, 15) is 0 Å². The van der Waals surface area contributed by atoms with Gasteiger partial charge in [0.1, 0.15) is 0 Å². The fourth-order valence-electron chi connectivity index (χ4n) is 2.02. The second-order valence-electron chi connectivity index (χ2n) is 4.31. The van der Waals surface area contributed by atoms with Crippen molar-refractivity contribution in [2.24, 2.45) is 0 Å². The maximum Gasteiger partial charge on any atom is 0.0799 e. The summed E-state index contributed by atoms with van der Waals surface area (Å²) in [7, 11) is 0. The van der Waals surface area contributed by atoms with E-state index in [2.05, 4.69) is 22.1 Å². The summed E-state index contributed by atoms with van der Waals surface area (Å²) in [5.74, 6) is 0. The maximum absolute atomic E-state index is 5.66. The van der Waals surface area contributed by atoms with Crippen LogP contribution in [-0.4, -0.2) is 9.97 Å². The molecule has 0 bridgehead atoms. The van der Waals surface area contributed by atoms with Gasteiger partial charge in [0.2, 0.25) is 0 Å². The van der Waals surface area contributed by atoms with Crippen molar-refractivity contribution in [2.75, 3.05) is 5.73 Å². The number of aromatic nitrogens is 2. The van der Waals surface area contributed by atoms with Gasteiger partial charge in [-0.2, -0.15) is 0 Å². The van der Waals surface area contributed by atoms with Crippen LogP contribution >= 0.6 is 0 Å². The van der Waals surface area contributed by atoms with Gasteiger partial charge in [0.05, 0.1) is 23.1 Å². The smallest absolute Gasteiger partial charge is 0.0799 e. The lowest BCUT2D eigenvalue weighted by molar-refractivity contribution is 1.25. The zero-order valence-corrected chi connectivity index (χ0v) is 10.1. The van der Waals surface area contributed by atoms with Gasteiger partial charge in [0, 0.05) is 16.6 Å². The predicted molar refractivity (Wildman–Crippen MR) is 74.1 cm³/mol. The van der Waals surface area contributed by atoms with E-state index in [0.717, 1.165) is 27.9 Å². The van der Waals surface area contributed by atoms with Crippen LogP contribution in [0.15, 0.2) is 48.7 Å². The number of nitrogens with two attached hydrogens (primary N) is 1. The molecule has 0 spiro atoms. The maximum atomic E-state index is 5.66. The Morgan fingerprint density at radius 1 is 1.00 bits per heavy atom. The third-order valence-corrected chi connectivity index (χ3v) is 2.92. The molecule has 0 fully saturated rings. The van der Waals surface area contributed by atoms with Gasteiger partial charge in [-0.25, -0.2) is 0 Å². The van der Waals surface area contributed by atoms with E-state index in [1.54, 1.807) is 6.20 Å². The van der Waals surface area contributed by atoms with Crippen molar-refractivity contribution in [1.82, 2.24) is 9.97 Å². The van der Waals surface area contributed by atoms with Gasteiger partial charge in [-0.1, -0.05) is 24.3 Å². The average molecular weight is 235 g/mol. The van der Waals surface area contributed by atoms with E-state index < -0.39 is 0 Å². The van der Waals surface area contributed by atoms with Gasteiger partial charge >= 0.3 is 0 Å². The van der Waals surface area contributed by atoms with Gasteiger partial charge in [0.15, 0.2) is 0 Å². The molecule has 2 N–H and O–H groups in total. The molecule has 18 heavy (non-hydrogen) atoms. The molecular formula is C15H13N3. The molecule has 0 saturated heterocycles. The van der Waals surface area contributed by atoms with Crippen LogP contribution in [0.3, 0.4) is 0 Å². The van der Waals surface area contributed by atoms with Crippen LogP contribution in [0, 0.1) is 6.92 Å². The number of nitrogens with zero attached hydrogens (tertiary/aromatic N) is 2. The Morgan fingerprint density at radius 2 is 1.89 bits per heavy atom. The van der Waals surface area contributed by atoms with Gasteiger partial charge < -0.3 is 5.73 Å². The summed E-state index contributed by atoms with van der Waals surface area (Å²) in [6, 6.07) is 14.0. The number of para-hydroxylation sites is 1. The highest BCUT2D eigenvalue weighted by molar-refractivity contribution is 5.92. The van der Waals surface area contributed by atoms with Crippen molar-refractivity contribution < 1.29 is 0 Å². The Hall–Kier alpha value is -2.42. The normalized spacial score (nSPS) is 10.7. The Kier molecular flexibility index (Phi) is 2.45. The molecule has 3 nitrogen and oxygen atoms in total. The first-order valence-corrected chi connectivity index (χ1v) is 5.82. The van der Waals surface area contributed by atoms with Crippen molar-refractivity contribution in [3.05, 3.63) is 54.4 Å². The number of hydrogen-bond acceptors (Lipinski definition) is 3. The summed E-state index contributed by atoms with van der Waals surface area (Å²) < 4.78 is 0. The van der Waals surface area contributed by atoms with Crippen LogP contribution in [0.2, 0.25) is 0 Å². The topological polar surface area (TPSA) is 51.8 Å². The molecule has 0 aliphatic carbocycles. The van der Waals surface area contributed by atoms with Crippen molar-refractivity contribution in [1.29, 1.82) is 0 Å². The number of anilines is 1. The first-order chi connectivity index (χ1) is 8.74. The zero-order valence-electron chi connectivity index (χ0n) is 10.1. The summed E-state index contributed by atoms with van der Waals surface area (Å²) in [6.07, 6.45) is 1.67. The van der Waals surface area contributed by atoms with E-state index in [-0.39, 0.29) is 0 Å². The predicted octanol–water partition coefficient (Wildman–Crippen LogP) is 3.19. The van der Waals surface area contributed by atoms with E-state index >= 15 is 0 Å². The highest BCUT2D eigenvalue weighted by Gasteiger charge is 2.06. The van der Waals surface area contributed by atoms with Gasteiger partial charge in [0.25, 0.3) is 0 Å². The molecule has 2 aromatic heterocycles. The standard InChI is InChI=1S/C15H13N3/c1-10-5-6-11-3-2-4-13(15(11)18-10)14-8-7-12(16)9-17-14/h2-9H,16H2,1H3. The van der Waals surface area contributed by atoms with Crippen LogP contribution < -0.4 is 5.73 Å². The number of fused-ring (bicyclic) bond motifs is 1. The summed E-state index contributed by atoms with van der Waals surface area (Å²) in [6.45, 7) is 1.99. The molecule has 0 atom stereocenters. The molecule has 0 aliphatic heterocycles. The fourth-order valence-corrected chi connectivity index (χ4v) is 2.02. The summed E-state index contributed by atoms with van der Waals surface area (Å²) in [5, 5.41) is 1.12. The number of aryl methyl sites for hydroxylation is 1. The fraction of sp³-hybridized carbons (Fsp3) is 0.0667. The lowest BCUT2D eigenvalue weighted by Gasteiger charge is -2.06. The molecule has 3 heteroatoms. The van der Waals surface area contributed by atoms with Gasteiger partial charge in [-0.3, -0.25) is 9.97 Å². The SMILES string of the molecule is Cc1ccc2cccc(-c3ccc(N)cn3)c2n1. The first kappa shape index (κ1) is 10.7. The Labute approximate surface area is 105 Å². The molecule has 0 aliphatic rings. The van der Waals surface area contributed by atoms with Gasteiger partial charge in [-0.15, -0.1) is 0 Å². The lowest BCUT2D eigenvalue weighted by Crippen LogP contribution is -1.91. The van der Waals surface area contributed by atoms with Crippen molar-refractivity contribution in [3.63, 3.8) is 0 Å². The van der Waals surface area contributed by atoms with Crippen molar-refractivity contribution in [3.8, 4) is 11.3 Å². The van der Waals surface area contributed by atoms with Crippen molar-refractivity contribution >= 4 is 16.6 Å². The number of pyridine rings is 2. The molecule has 0 radical (unpaired) electrons. The minimum absolute atomic E-state index is 0.670.